The Hall–Kier alpha value is -12.0. The van der Waals surface area contributed by atoms with Crippen molar-refractivity contribution in [3.63, 3.8) is 0 Å². The first kappa shape index (κ1) is 93.8. The van der Waals surface area contributed by atoms with Crippen molar-refractivity contribution in [3.8, 4) is 84.4 Å². The molecular weight excluding hydrogens is 2370 g/mol. The van der Waals surface area contributed by atoms with Crippen LogP contribution in [0.25, 0.3) is 84.4 Å². The van der Waals surface area contributed by atoms with Crippen molar-refractivity contribution in [1.29, 1.82) is 0 Å². The van der Waals surface area contributed by atoms with E-state index in [0.717, 1.165) is 78.5 Å². The topological polar surface area (TPSA) is 190 Å². The molecule has 10 heterocycles. The molecule has 0 saturated heterocycles. The fourth-order valence-corrected chi connectivity index (χ4v) is 10.2. The Labute approximate surface area is 752 Å². The Balaban J connectivity index is 0.000000201. The van der Waals surface area contributed by atoms with E-state index in [1.807, 2.05) is 345 Å². The van der Waals surface area contributed by atoms with Gasteiger partial charge in [0.1, 0.15) is 5.89 Å². The summed E-state index contributed by atoms with van der Waals surface area (Å²) in [6.45, 7) is 0. The number of nitrogens with zero attached hydrogens (tertiary/aromatic N) is 17. The molecule has 0 atom stereocenters. The van der Waals surface area contributed by atoms with Gasteiger partial charge in [-0.15, -0.1) is 204 Å². The summed E-state index contributed by atoms with van der Waals surface area (Å²) in [5.41, 5.74) is 11.6. The van der Waals surface area contributed by atoms with E-state index in [2.05, 4.69) is 111 Å². The van der Waals surface area contributed by atoms with Gasteiger partial charge in [-0.05, 0) is 65.0 Å². The molecule has 19 nitrogen and oxygen atoms in total. The molecule has 0 N–H and O–H groups in total. The summed E-state index contributed by atoms with van der Waals surface area (Å²) in [6.07, 6.45) is 33.7. The van der Waals surface area contributed by atoms with E-state index in [0.29, 0.717) is 5.89 Å². The smallest absolute Gasteiger partial charge is 0.170 e. The van der Waals surface area contributed by atoms with E-state index in [9.17, 15) is 0 Å². The Morgan fingerprint density at radius 1 is 0.308 bits per heavy atom. The minimum atomic E-state index is 0. The summed E-state index contributed by atoms with van der Waals surface area (Å²) in [5, 5.41) is 23.4. The van der Waals surface area contributed by atoms with Crippen molar-refractivity contribution in [1.82, 2.24) is 83.0 Å². The summed E-state index contributed by atoms with van der Waals surface area (Å²) >= 11 is 1.63. The van der Waals surface area contributed by atoms with Crippen LogP contribution in [-0.2, 0) is 115 Å². The van der Waals surface area contributed by atoms with Crippen molar-refractivity contribution in [3.05, 3.63) is 457 Å². The SMILES string of the molecule is Cn1ccnc1-c1[c-]cccc1.Cn1cnc(-c2[c-]cccc2)c1.[Ir].[Ir].[Ir].[Ir].[Ir].[c-]1ccccc1-c1cocn1.[c-]1ccccc1-c1ncco1.[c-]1ccccc1-c1nccs1.[c-]1ccccc1-n1cccn1.[c-]1ccccc1-n1cccn1.[c-]1ccccc1-n1cccn1.[c-]1ccccc1-n1cccn1.[c-]1ccccc1-n1cccn1. The molecule has 0 aliphatic carbocycles. The molecule has 20 aromatic rings. The van der Waals surface area contributed by atoms with E-state index in [1.54, 1.807) is 103 Å². The summed E-state index contributed by atoms with van der Waals surface area (Å²) in [6, 6.07) is 118. The molecule has 0 unspecified atom stereocenters. The van der Waals surface area contributed by atoms with Crippen LogP contribution in [0.15, 0.2) is 405 Å². The predicted octanol–water partition coefficient (Wildman–Crippen LogP) is 19.0. The maximum absolute atomic E-state index is 5.08. The summed E-state index contributed by atoms with van der Waals surface area (Å²) < 4.78 is 22.7. The number of hydrogen-bond donors (Lipinski definition) is 0. The Morgan fingerprint density at radius 3 is 0.940 bits per heavy atom. The normalized spacial score (nSPS) is 9.45. The number of imidazole rings is 2. The van der Waals surface area contributed by atoms with Crippen molar-refractivity contribution in [2.24, 2.45) is 14.1 Å². The Morgan fingerprint density at radius 2 is 0.667 bits per heavy atom. The molecule has 597 valence electrons. The van der Waals surface area contributed by atoms with E-state index >= 15 is 0 Å². The maximum Gasteiger partial charge on any atom is 0.170 e. The van der Waals surface area contributed by atoms with Gasteiger partial charge >= 0.3 is 0 Å². The number of oxazole rings is 2. The van der Waals surface area contributed by atoms with Gasteiger partial charge in [-0.25, -0.2) is 0 Å². The molecule has 0 amide bonds. The van der Waals surface area contributed by atoms with Gasteiger partial charge in [0, 0.05) is 217 Å². The van der Waals surface area contributed by atoms with Crippen LogP contribution < -0.4 is 0 Å². The second kappa shape index (κ2) is 54.7. The van der Waals surface area contributed by atoms with Crippen LogP contribution in [0.5, 0.6) is 0 Å². The van der Waals surface area contributed by atoms with E-state index in [1.165, 1.54) is 6.39 Å². The van der Waals surface area contributed by atoms with Crippen LogP contribution in [0.4, 0.5) is 0 Å². The number of para-hydroxylation sites is 5. The Kier molecular flexibility index (Phi) is 43.9. The Bertz CT molecular complexity index is 4770. The predicted molar refractivity (Wildman–Crippen MR) is 435 cm³/mol. The molecule has 20 rings (SSSR count). The number of benzene rings is 10. The number of aryl methyl sites for hydroxylation is 2. The number of thiazole rings is 1. The molecule has 117 heavy (non-hydrogen) atoms. The van der Waals surface area contributed by atoms with E-state index in [4.69, 9.17) is 8.83 Å². The quantitative estimate of drug-likeness (QED) is 0.118. The monoisotopic (exact) mass is 2440 g/mol. The standard InChI is InChI=1S/2C10H9N2.5C9H7N2.2C9H6NO.C9H6NS.5Ir/c1-12-7-10(11-8-12)9-5-3-2-4-6-9;1-12-8-7-11-10(12)9-5-3-2-4-6-9;5*1-2-5-9(6-3-1)11-8-4-7-10-11;1-2-4-8(5-3-1)9-6-11-7-10-9;2*1-2-4-8(5-3-1)9-10-6-7-11-9;;;;;/h2*2-5,7-8H,1H3;5*1-5,7-8H;3*1-4,6-7H;;;;;/q10*-1;;;;;. The number of hydrogen-bond acceptors (Lipinski definition) is 13. The zero-order valence-electron chi connectivity index (χ0n) is 62.5. The van der Waals surface area contributed by atoms with Gasteiger partial charge in [0.25, 0.3) is 0 Å². The van der Waals surface area contributed by atoms with Gasteiger partial charge in [-0.3, -0.25) is 48.3 Å². The van der Waals surface area contributed by atoms with Crippen molar-refractivity contribution < 1.29 is 109 Å². The van der Waals surface area contributed by atoms with Crippen LogP contribution in [-0.4, -0.2) is 83.0 Å². The van der Waals surface area contributed by atoms with Crippen LogP contribution in [0, 0.1) is 60.7 Å². The van der Waals surface area contributed by atoms with Crippen LogP contribution in [0.1, 0.15) is 0 Å². The fourth-order valence-electron chi connectivity index (χ4n) is 9.61. The second-order valence-electron chi connectivity index (χ2n) is 22.7. The largest absolute Gasteiger partial charge is 0.489 e. The van der Waals surface area contributed by atoms with Gasteiger partial charge < -0.3 is 18.0 Å². The molecule has 10 aromatic carbocycles. The molecule has 0 spiro atoms. The third-order valence-corrected chi connectivity index (χ3v) is 15.6. The van der Waals surface area contributed by atoms with Gasteiger partial charge in [0.2, 0.25) is 0 Å². The number of aromatic nitrogens is 17. The summed E-state index contributed by atoms with van der Waals surface area (Å²) in [4.78, 5) is 20.6. The van der Waals surface area contributed by atoms with Crippen LogP contribution in [0.2, 0.25) is 0 Å². The minimum Gasteiger partial charge on any atom is -0.489 e. The molecule has 25 heteroatoms. The van der Waals surface area contributed by atoms with Gasteiger partial charge in [0.15, 0.2) is 6.39 Å². The average Bonchev–Trinajstić information content (AvgIpc) is 1.73. The fraction of sp³-hybridized carbons (Fsp3) is 0.0217. The zero-order chi connectivity index (χ0) is 76.9. The number of rotatable bonds is 10. The molecule has 0 aliphatic heterocycles. The van der Waals surface area contributed by atoms with Crippen molar-refractivity contribution in [2.45, 2.75) is 0 Å². The molecule has 0 fully saturated rings. The van der Waals surface area contributed by atoms with E-state index < -0.39 is 0 Å². The van der Waals surface area contributed by atoms with Gasteiger partial charge in [-0.2, -0.15) is 158 Å². The van der Waals surface area contributed by atoms with Gasteiger partial charge in [0.05, 0.1) is 30.9 Å². The second-order valence-corrected chi connectivity index (χ2v) is 23.6. The molecule has 0 aliphatic rings. The summed E-state index contributed by atoms with van der Waals surface area (Å²) in [5.74, 6) is 1.57. The third-order valence-electron chi connectivity index (χ3n) is 14.8. The average molecular weight is 2440 g/mol. The summed E-state index contributed by atoms with van der Waals surface area (Å²) in [7, 11) is 3.93. The maximum atomic E-state index is 5.08. The molecule has 0 bridgehead atoms. The first-order valence-corrected chi connectivity index (χ1v) is 35.7. The molecular formula is C92H71Ir5N17O2S-10. The zero-order valence-corrected chi connectivity index (χ0v) is 75.3. The first-order valence-electron chi connectivity index (χ1n) is 34.8. The molecule has 0 saturated carbocycles. The van der Waals surface area contributed by atoms with Crippen LogP contribution >= 0.6 is 11.3 Å². The first-order chi connectivity index (χ1) is 55.5. The van der Waals surface area contributed by atoms with E-state index in [-0.39, 0.29) is 101 Å². The molecule has 10 aromatic heterocycles. The third kappa shape index (κ3) is 32.3. The van der Waals surface area contributed by atoms with Crippen molar-refractivity contribution in [2.75, 3.05) is 0 Å². The van der Waals surface area contributed by atoms with Gasteiger partial charge in [-0.1, -0.05) is 5.56 Å². The minimum absolute atomic E-state index is 0. The molecule has 5 radical (unpaired) electrons. The van der Waals surface area contributed by atoms with Crippen LogP contribution in [0.3, 0.4) is 0 Å². The van der Waals surface area contributed by atoms with Crippen molar-refractivity contribution >= 4 is 11.3 Å².